The highest BCUT2D eigenvalue weighted by Crippen LogP contribution is 2.54. The molecule has 0 bridgehead atoms. The second-order valence-electron chi connectivity index (χ2n) is 9.72. The van der Waals surface area contributed by atoms with Crippen LogP contribution < -0.4 is 0 Å². The molecular weight excluding hydrogens is 538 g/mol. The van der Waals surface area contributed by atoms with Gasteiger partial charge in [0, 0.05) is 17.9 Å². The van der Waals surface area contributed by atoms with Crippen LogP contribution in [0.5, 0.6) is 0 Å². The van der Waals surface area contributed by atoms with Gasteiger partial charge in [0.25, 0.3) is 5.91 Å². The minimum Gasteiger partial charge on any atom is -0.480 e. The molecule has 1 aromatic heterocycles. The molecule has 7 nitrogen and oxygen atoms in total. The maximum Gasteiger partial charge on any atom is 0.326 e. The first-order valence-electron chi connectivity index (χ1n) is 12.0. The lowest BCUT2D eigenvalue weighted by molar-refractivity contribution is -0.147. The molecule has 0 saturated carbocycles. The summed E-state index contributed by atoms with van der Waals surface area (Å²) in [5, 5.41) is 10.7. The summed E-state index contributed by atoms with van der Waals surface area (Å²) in [6.07, 6.45) is 2.69. The Bertz CT molecular complexity index is 1330. The Balaban J connectivity index is 1.62. The largest absolute Gasteiger partial charge is 0.480 e. The van der Waals surface area contributed by atoms with Gasteiger partial charge in [-0.1, -0.05) is 49.2 Å². The van der Waals surface area contributed by atoms with Crippen molar-refractivity contribution in [3.05, 3.63) is 74.3 Å². The van der Waals surface area contributed by atoms with E-state index in [0.29, 0.717) is 33.6 Å². The fourth-order valence-electron chi connectivity index (χ4n) is 5.32. The Kier molecular flexibility index (Phi) is 6.98. The lowest BCUT2D eigenvalue weighted by atomic mass is 9.93. The maximum atomic E-state index is 14.6. The van der Waals surface area contributed by atoms with Crippen LogP contribution in [-0.2, 0) is 9.59 Å². The molecule has 2 aromatic rings. The second kappa shape index (κ2) is 9.93. The van der Waals surface area contributed by atoms with E-state index >= 15 is 0 Å². The molecule has 1 saturated heterocycles. The molecule has 1 N–H and O–H groups in total. The number of carbonyl (C=O) groups is 2. The van der Waals surface area contributed by atoms with Crippen molar-refractivity contribution in [2.75, 3.05) is 0 Å². The first kappa shape index (κ1) is 26.0. The summed E-state index contributed by atoms with van der Waals surface area (Å²) in [4.78, 5) is 38.8. The number of likely N-dealkylation sites (tertiary alicyclic amines) is 1. The number of fused-ring (bicyclic) bond motifs is 1. The summed E-state index contributed by atoms with van der Waals surface area (Å²) in [5.74, 6) is -1.96. The molecule has 4 atom stereocenters. The first-order valence-corrected chi connectivity index (χ1v) is 13.6. The molecule has 11 heteroatoms. The SMILES string of the molecule is CC(C)C1=C(C(=O)N2[C@H](C)CC[C@H]2C(=O)O)SC2=N[C@@H](c3ccc(Cl)nc3)[C@@H](c3ccc(Cl)c(F)c3)N21. The van der Waals surface area contributed by atoms with E-state index in [1.165, 1.54) is 28.8 Å². The number of aromatic nitrogens is 1. The Morgan fingerprint density at radius 1 is 1.16 bits per heavy atom. The normalized spacial score (nSPS) is 25.2. The molecule has 3 aliphatic heterocycles. The Morgan fingerprint density at radius 3 is 2.51 bits per heavy atom. The number of thioether (sulfide) groups is 1. The third-order valence-corrected chi connectivity index (χ3v) is 8.63. The van der Waals surface area contributed by atoms with E-state index in [-0.39, 0.29) is 22.9 Å². The number of aliphatic carboxylic acids is 1. The highest BCUT2D eigenvalue weighted by atomic mass is 35.5. The quantitative estimate of drug-likeness (QED) is 0.446. The average molecular weight is 563 g/mol. The number of benzene rings is 1. The monoisotopic (exact) mass is 562 g/mol. The molecule has 1 amide bonds. The van der Waals surface area contributed by atoms with Gasteiger partial charge in [-0.15, -0.1) is 0 Å². The molecular formula is C26H25Cl2FN4O3S. The number of amides is 1. The smallest absolute Gasteiger partial charge is 0.326 e. The van der Waals surface area contributed by atoms with Gasteiger partial charge >= 0.3 is 5.97 Å². The van der Waals surface area contributed by atoms with Gasteiger partial charge in [-0.05, 0) is 66.8 Å². The number of nitrogens with zero attached hydrogens (tertiary/aromatic N) is 4. The predicted octanol–water partition coefficient (Wildman–Crippen LogP) is 6.06. The zero-order valence-corrected chi connectivity index (χ0v) is 22.7. The van der Waals surface area contributed by atoms with Crippen LogP contribution in [-0.4, -0.2) is 49.0 Å². The third-order valence-electron chi connectivity index (χ3n) is 7.02. The van der Waals surface area contributed by atoms with Crippen LogP contribution in [0.25, 0.3) is 0 Å². The molecule has 0 unspecified atom stereocenters. The van der Waals surface area contributed by atoms with Crippen molar-refractivity contribution in [2.24, 2.45) is 10.9 Å². The highest BCUT2D eigenvalue weighted by Gasteiger charge is 2.50. The van der Waals surface area contributed by atoms with E-state index < -0.39 is 29.9 Å². The van der Waals surface area contributed by atoms with Gasteiger partial charge in [0.15, 0.2) is 5.17 Å². The lowest BCUT2D eigenvalue weighted by Crippen LogP contribution is -2.44. The van der Waals surface area contributed by atoms with Crippen molar-refractivity contribution in [1.29, 1.82) is 0 Å². The summed E-state index contributed by atoms with van der Waals surface area (Å²) in [6, 6.07) is 6.23. The van der Waals surface area contributed by atoms with Crippen LogP contribution in [0.15, 0.2) is 52.1 Å². The highest BCUT2D eigenvalue weighted by molar-refractivity contribution is 8.18. The molecule has 1 aromatic carbocycles. The van der Waals surface area contributed by atoms with Gasteiger partial charge in [0.1, 0.15) is 28.0 Å². The van der Waals surface area contributed by atoms with Gasteiger partial charge in [-0.3, -0.25) is 9.79 Å². The topological polar surface area (TPSA) is 86.1 Å². The zero-order chi connectivity index (χ0) is 26.6. The number of aliphatic imine (C=N–C) groups is 1. The Labute approximate surface area is 228 Å². The standard InChI is InChI=1S/C26H25Cl2FN4O3S/c1-12(2)21-23(24(34)32-13(3)4-8-18(32)25(35)36)37-26-31-20(15-6-9-19(28)30-11-15)22(33(21)26)14-5-7-16(27)17(29)10-14/h5-7,9-13,18,20,22H,4,8H2,1-3H3,(H,35,36)/t13-,18+,20+,22-/m1/s1. The van der Waals surface area contributed by atoms with Crippen molar-refractivity contribution < 1.29 is 19.1 Å². The fourth-order valence-corrected chi connectivity index (χ4v) is 6.84. The van der Waals surface area contributed by atoms with Crippen molar-refractivity contribution >= 4 is 52.0 Å². The summed E-state index contributed by atoms with van der Waals surface area (Å²) in [6.45, 7) is 5.83. The van der Waals surface area contributed by atoms with E-state index in [0.717, 1.165) is 11.3 Å². The van der Waals surface area contributed by atoms with Crippen molar-refractivity contribution in [2.45, 2.75) is 57.8 Å². The Hall–Kier alpha value is -2.62. The predicted molar refractivity (Wildman–Crippen MR) is 142 cm³/mol. The minimum atomic E-state index is -1.00. The number of carbonyl (C=O) groups excluding carboxylic acids is 1. The van der Waals surface area contributed by atoms with Gasteiger partial charge < -0.3 is 14.9 Å². The number of halogens is 3. The Morgan fingerprint density at radius 2 is 1.89 bits per heavy atom. The van der Waals surface area contributed by atoms with E-state index in [1.54, 1.807) is 18.3 Å². The van der Waals surface area contributed by atoms with E-state index in [2.05, 4.69) is 4.98 Å². The fraction of sp³-hybridized carbons (Fsp3) is 0.385. The minimum absolute atomic E-state index is 0.0154. The number of rotatable bonds is 5. The van der Waals surface area contributed by atoms with Crippen LogP contribution in [0, 0.1) is 11.7 Å². The zero-order valence-electron chi connectivity index (χ0n) is 20.4. The average Bonchev–Trinajstić information content (AvgIpc) is 3.52. The van der Waals surface area contributed by atoms with E-state index in [1.807, 2.05) is 31.7 Å². The summed E-state index contributed by atoms with van der Waals surface area (Å²) in [7, 11) is 0. The van der Waals surface area contributed by atoms with Crippen LogP contribution in [0.3, 0.4) is 0 Å². The number of pyridine rings is 1. The molecule has 37 heavy (non-hydrogen) atoms. The number of carboxylic acids is 1. The first-order chi connectivity index (χ1) is 17.6. The van der Waals surface area contributed by atoms with Crippen LogP contribution >= 0.6 is 35.0 Å². The lowest BCUT2D eigenvalue weighted by Gasteiger charge is -2.32. The summed E-state index contributed by atoms with van der Waals surface area (Å²) >= 11 is 13.2. The number of hydrogen-bond acceptors (Lipinski definition) is 6. The van der Waals surface area contributed by atoms with Crippen molar-refractivity contribution in [3.8, 4) is 0 Å². The van der Waals surface area contributed by atoms with E-state index in [4.69, 9.17) is 28.2 Å². The number of allylic oxidation sites excluding steroid dienone is 1. The van der Waals surface area contributed by atoms with Gasteiger partial charge in [-0.2, -0.15) is 0 Å². The van der Waals surface area contributed by atoms with Crippen molar-refractivity contribution in [3.63, 3.8) is 0 Å². The molecule has 1 fully saturated rings. The molecule has 0 spiro atoms. The van der Waals surface area contributed by atoms with Gasteiger partial charge in [0.2, 0.25) is 0 Å². The molecule has 0 aliphatic carbocycles. The molecule has 3 aliphatic rings. The molecule has 0 radical (unpaired) electrons. The van der Waals surface area contributed by atoms with Crippen molar-refractivity contribution in [1.82, 2.24) is 14.8 Å². The number of amidine groups is 1. The van der Waals surface area contributed by atoms with Gasteiger partial charge in [-0.25, -0.2) is 14.2 Å². The van der Waals surface area contributed by atoms with Crippen LogP contribution in [0.1, 0.15) is 56.8 Å². The van der Waals surface area contributed by atoms with E-state index in [9.17, 15) is 19.1 Å². The molecule has 4 heterocycles. The van der Waals surface area contributed by atoms with Gasteiger partial charge in [0.05, 0.1) is 11.1 Å². The third kappa shape index (κ3) is 4.51. The van der Waals surface area contributed by atoms with Crippen LogP contribution in [0.4, 0.5) is 4.39 Å². The maximum absolute atomic E-state index is 14.6. The number of hydrogen-bond donors (Lipinski definition) is 1. The number of carboxylic acid groups (broad SMARTS) is 1. The van der Waals surface area contributed by atoms with Crippen LogP contribution in [0.2, 0.25) is 10.2 Å². The summed E-state index contributed by atoms with van der Waals surface area (Å²) < 4.78 is 14.6. The molecule has 194 valence electrons. The second-order valence-corrected chi connectivity index (χ2v) is 11.5. The molecule has 5 rings (SSSR count). The summed E-state index contributed by atoms with van der Waals surface area (Å²) in [5.41, 5.74) is 2.18.